The zero-order valence-electron chi connectivity index (χ0n) is 34.4. The van der Waals surface area contributed by atoms with Gasteiger partial charge in [-0.25, -0.2) is 9.97 Å². The maximum Gasteiger partial charge on any atom is 0.180 e. The summed E-state index contributed by atoms with van der Waals surface area (Å²) >= 11 is 0. The van der Waals surface area contributed by atoms with Gasteiger partial charge in [0.1, 0.15) is 23.1 Å². The fourth-order valence-corrected chi connectivity index (χ4v) is 10.3. The molecule has 64 heavy (non-hydrogen) atoms. The third-order valence-corrected chi connectivity index (χ3v) is 13.1. The average molecular weight is 818 g/mol. The molecule has 0 amide bonds. The SMILES string of the molecule is c1ccc(-n2c3ccccc3c3cc(-c4ccc5c6ccccc6n(-c6cccc(-c7ncnc8c7oc7cc(-n9c%10ccccc%10c%10ccccc%109)ccc78)c6)c5c4)ccc32)cc1. The molecule has 0 bridgehead atoms. The molecule has 0 spiro atoms. The van der Waals surface area contributed by atoms with Crippen molar-refractivity contribution in [3.05, 3.63) is 213 Å². The number of hydrogen-bond acceptors (Lipinski definition) is 3. The van der Waals surface area contributed by atoms with E-state index in [1.54, 1.807) is 6.33 Å². The van der Waals surface area contributed by atoms with Crippen molar-refractivity contribution in [3.63, 3.8) is 0 Å². The van der Waals surface area contributed by atoms with Crippen molar-refractivity contribution in [2.45, 2.75) is 0 Å². The molecule has 0 atom stereocenters. The van der Waals surface area contributed by atoms with Gasteiger partial charge in [0.05, 0.1) is 33.1 Å². The molecule has 14 aromatic rings. The first-order valence-electron chi connectivity index (χ1n) is 21.6. The molecule has 6 heteroatoms. The van der Waals surface area contributed by atoms with Crippen LogP contribution in [0, 0.1) is 0 Å². The zero-order valence-corrected chi connectivity index (χ0v) is 34.4. The molecule has 9 aromatic carbocycles. The lowest BCUT2D eigenvalue weighted by Crippen LogP contribution is -1.95. The van der Waals surface area contributed by atoms with E-state index in [2.05, 4.69) is 220 Å². The van der Waals surface area contributed by atoms with Gasteiger partial charge < -0.3 is 18.1 Å². The van der Waals surface area contributed by atoms with Crippen LogP contribution in [0.2, 0.25) is 0 Å². The van der Waals surface area contributed by atoms with Crippen molar-refractivity contribution in [1.82, 2.24) is 23.7 Å². The summed E-state index contributed by atoms with van der Waals surface area (Å²) in [4.78, 5) is 9.65. The number of fused-ring (bicyclic) bond motifs is 12. The summed E-state index contributed by atoms with van der Waals surface area (Å²) in [5, 5.41) is 8.28. The van der Waals surface area contributed by atoms with Gasteiger partial charge in [-0.1, -0.05) is 121 Å². The van der Waals surface area contributed by atoms with E-state index in [1.807, 2.05) is 0 Å². The van der Waals surface area contributed by atoms with Crippen LogP contribution in [0.25, 0.3) is 127 Å². The summed E-state index contributed by atoms with van der Waals surface area (Å²) in [6, 6.07) is 73.9. The molecule has 0 aliphatic rings. The molecule has 0 unspecified atom stereocenters. The van der Waals surface area contributed by atoms with Gasteiger partial charge in [-0.05, 0) is 90.0 Å². The highest BCUT2D eigenvalue weighted by Crippen LogP contribution is 2.41. The smallest absolute Gasteiger partial charge is 0.180 e. The minimum atomic E-state index is 0.669. The van der Waals surface area contributed by atoms with E-state index in [4.69, 9.17) is 14.4 Å². The Labute approximate surface area is 366 Å². The normalized spacial score (nSPS) is 12.1. The number of aromatic nitrogens is 5. The number of rotatable bonds is 5. The lowest BCUT2D eigenvalue weighted by atomic mass is 10.0. The van der Waals surface area contributed by atoms with E-state index in [0.29, 0.717) is 5.58 Å². The largest absolute Gasteiger partial charge is 0.452 e. The minimum Gasteiger partial charge on any atom is -0.452 e. The molecule has 5 aromatic heterocycles. The van der Waals surface area contributed by atoms with E-state index >= 15 is 0 Å². The van der Waals surface area contributed by atoms with Gasteiger partial charge >= 0.3 is 0 Å². The van der Waals surface area contributed by atoms with Crippen molar-refractivity contribution in [1.29, 1.82) is 0 Å². The molecule has 298 valence electrons. The van der Waals surface area contributed by atoms with Gasteiger partial charge in [-0.2, -0.15) is 0 Å². The maximum atomic E-state index is 6.77. The molecule has 0 saturated heterocycles. The molecular weight excluding hydrogens is 783 g/mol. The van der Waals surface area contributed by atoms with Gasteiger partial charge in [0, 0.05) is 66.4 Å². The fraction of sp³-hybridized carbons (Fsp3) is 0. The van der Waals surface area contributed by atoms with Crippen LogP contribution >= 0.6 is 0 Å². The Morgan fingerprint density at radius 3 is 1.53 bits per heavy atom. The molecule has 0 aliphatic carbocycles. The van der Waals surface area contributed by atoms with Crippen LogP contribution in [-0.4, -0.2) is 23.7 Å². The summed E-state index contributed by atoms with van der Waals surface area (Å²) < 4.78 is 13.8. The molecule has 14 rings (SSSR count). The van der Waals surface area contributed by atoms with Crippen LogP contribution in [0.15, 0.2) is 217 Å². The second-order valence-electron chi connectivity index (χ2n) is 16.6. The summed E-state index contributed by atoms with van der Waals surface area (Å²) in [7, 11) is 0. The standard InChI is InChI=1S/C58H35N5O/c1-2-14-39(15-3-1)61-52-24-11-7-20-45(52)48-32-36(26-30-53(48)61)37-25-28-46-44-19-6-10-23-51(44)63(54(46)33-37)40-16-12-13-38(31-40)56-58-57(60-35-59-56)47-29-27-41(34-55(47)64-58)62-49-21-8-4-17-42(49)43-18-5-9-22-50(43)62/h1-35H. The summed E-state index contributed by atoms with van der Waals surface area (Å²) in [5.41, 5.74) is 16.5. The number of nitrogens with zero attached hydrogens (tertiary/aromatic N) is 5. The molecule has 5 heterocycles. The van der Waals surface area contributed by atoms with E-state index in [1.165, 1.54) is 48.9 Å². The quantitative estimate of drug-likeness (QED) is 0.174. The number of hydrogen-bond donors (Lipinski definition) is 0. The van der Waals surface area contributed by atoms with Crippen molar-refractivity contribution < 1.29 is 4.42 Å². The predicted molar refractivity (Wildman–Crippen MR) is 263 cm³/mol. The van der Waals surface area contributed by atoms with E-state index < -0.39 is 0 Å². The Balaban J connectivity index is 0.907. The monoisotopic (exact) mass is 817 g/mol. The fourth-order valence-electron chi connectivity index (χ4n) is 10.3. The van der Waals surface area contributed by atoms with Crippen molar-refractivity contribution in [3.8, 4) is 39.4 Å². The maximum absolute atomic E-state index is 6.77. The number of furan rings is 1. The van der Waals surface area contributed by atoms with Crippen LogP contribution in [0.1, 0.15) is 0 Å². The Kier molecular flexibility index (Phi) is 7.30. The minimum absolute atomic E-state index is 0.669. The van der Waals surface area contributed by atoms with Gasteiger partial charge in [0.2, 0.25) is 0 Å². The molecule has 6 nitrogen and oxygen atoms in total. The number of para-hydroxylation sites is 5. The van der Waals surface area contributed by atoms with Crippen LogP contribution in [0.4, 0.5) is 0 Å². The van der Waals surface area contributed by atoms with Crippen LogP contribution in [-0.2, 0) is 0 Å². The van der Waals surface area contributed by atoms with Crippen molar-refractivity contribution in [2.24, 2.45) is 0 Å². The lowest BCUT2D eigenvalue weighted by molar-refractivity contribution is 0.667. The molecule has 0 N–H and O–H groups in total. The molecule has 0 aliphatic heterocycles. The highest BCUT2D eigenvalue weighted by molar-refractivity contribution is 6.14. The number of benzene rings is 9. The highest BCUT2D eigenvalue weighted by atomic mass is 16.3. The second-order valence-corrected chi connectivity index (χ2v) is 16.6. The third-order valence-electron chi connectivity index (χ3n) is 13.1. The van der Waals surface area contributed by atoms with Gasteiger partial charge in [0.15, 0.2) is 5.58 Å². The summed E-state index contributed by atoms with van der Waals surface area (Å²) in [6.45, 7) is 0. The summed E-state index contributed by atoms with van der Waals surface area (Å²) in [6.07, 6.45) is 1.65. The van der Waals surface area contributed by atoms with Gasteiger partial charge in [-0.3, -0.25) is 0 Å². The van der Waals surface area contributed by atoms with Crippen LogP contribution in [0.5, 0.6) is 0 Å². The van der Waals surface area contributed by atoms with Gasteiger partial charge in [0.25, 0.3) is 0 Å². The van der Waals surface area contributed by atoms with E-state index in [0.717, 1.165) is 72.4 Å². The van der Waals surface area contributed by atoms with E-state index in [9.17, 15) is 0 Å². The van der Waals surface area contributed by atoms with Crippen molar-refractivity contribution >= 4 is 87.5 Å². The Morgan fingerprint density at radius 2 is 0.828 bits per heavy atom. The first kappa shape index (κ1) is 34.9. The molecular formula is C58H35N5O. The molecule has 0 saturated carbocycles. The Morgan fingerprint density at radius 1 is 0.312 bits per heavy atom. The Hall–Kier alpha value is -8.74. The van der Waals surface area contributed by atoms with Crippen LogP contribution < -0.4 is 0 Å². The highest BCUT2D eigenvalue weighted by Gasteiger charge is 2.20. The van der Waals surface area contributed by atoms with Crippen molar-refractivity contribution in [2.75, 3.05) is 0 Å². The summed E-state index contributed by atoms with van der Waals surface area (Å²) in [5.74, 6) is 0. The first-order chi connectivity index (χ1) is 31.7. The molecule has 0 radical (unpaired) electrons. The Bertz CT molecular complexity index is 4150. The lowest BCUT2D eigenvalue weighted by Gasteiger charge is -2.11. The zero-order chi connectivity index (χ0) is 41.9. The third kappa shape index (κ3) is 5.02. The predicted octanol–water partition coefficient (Wildman–Crippen LogP) is 15.0. The first-order valence-corrected chi connectivity index (χ1v) is 21.6. The van der Waals surface area contributed by atoms with Gasteiger partial charge in [-0.15, -0.1) is 0 Å². The topological polar surface area (TPSA) is 53.7 Å². The second kappa shape index (κ2) is 13.4. The molecule has 0 fully saturated rings. The average Bonchev–Trinajstić information content (AvgIpc) is 4.10. The van der Waals surface area contributed by atoms with E-state index in [-0.39, 0.29) is 0 Å². The van der Waals surface area contributed by atoms with Crippen LogP contribution in [0.3, 0.4) is 0 Å².